The highest BCUT2D eigenvalue weighted by Gasteiger charge is 2.19. The number of nitrogens with zero attached hydrogens (tertiary/aromatic N) is 3. The number of urea groups is 1. The van der Waals surface area contributed by atoms with Gasteiger partial charge >= 0.3 is 6.03 Å². The van der Waals surface area contributed by atoms with Crippen molar-refractivity contribution in [1.82, 2.24) is 14.8 Å². The SMILES string of the molecule is COCCCN1CCCN(C(=O)Nc2ccccn2)CC1. The first-order chi connectivity index (χ1) is 10.3. The number of pyridine rings is 1. The molecule has 1 saturated heterocycles. The summed E-state index contributed by atoms with van der Waals surface area (Å²) in [5.74, 6) is 0.601. The van der Waals surface area contributed by atoms with Crippen LogP contribution in [0.15, 0.2) is 24.4 Å². The minimum atomic E-state index is -0.0626. The Labute approximate surface area is 126 Å². The lowest BCUT2D eigenvalue weighted by atomic mass is 10.3. The summed E-state index contributed by atoms with van der Waals surface area (Å²) < 4.78 is 5.08. The number of methoxy groups -OCH3 is 1. The van der Waals surface area contributed by atoms with Crippen molar-refractivity contribution in [3.63, 3.8) is 0 Å². The Bertz CT molecular complexity index is 427. The van der Waals surface area contributed by atoms with E-state index in [9.17, 15) is 4.79 Å². The number of hydrogen-bond donors (Lipinski definition) is 1. The van der Waals surface area contributed by atoms with E-state index in [1.54, 1.807) is 19.4 Å². The number of nitrogens with one attached hydrogen (secondary N) is 1. The third-order valence-corrected chi connectivity index (χ3v) is 3.60. The Morgan fingerprint density at radius 3 is 3.00 bits per heavy atom. The van der Waals surface area contributed by atoms with Gasteiger partial charge in [-0.2, -0.15) is 0 Å². The summed E-state index contributed by atoms with van der Waals surface area (Å²) >= 11 is 0. The number of ether oxygens (including phenoxy) is 1. The molecule has 0 unspecified atom stereocenters. The van der Waals surface area contributed by atoms with Gasteiger partial charge in [-0.25, -0.2) is 9.78 Å². The summed E-state index contributed by atoms with van der Waals surface area (Å²) in [5, 5.41) is 2.84. The van der Waals surface area contributed by atoms with Gasteiger partial charge < -0.3 is 14.5 Å². The van der Waals surface area contributed by atoms with Gasteiger partial charge in [0.2, 0.25) is 0 Å². The minimum absolute atomic E-state index is 0.0626. The molecule has 6 heteroatoms. The summed E-state index contributed by atoms with van der Waals surface area (Å²) in [6.45, 7) is 5.32. The molecular weight excluding hydrogens is 268 g/mol. The number of carbonyl (C=O) groups is 1. The van der Waals surface area contributed by atoms with Crippen molar-refractivity contribution in [2.45, 2.75) is 12.8 Å². The molecular formula is C15H24N4O2. The zero-order valence-corrected chi connectivity index (χ0v) is 12.6. The molecule has 2 rings (SSSR count). The molecule has 1 aromatic rings. The van der Waals surface area contributed by atoms with E-state index in [-0.39, 0.29) is 6.03 Å². The molecule has 2 heterocycles. The molecule has 0 bridgehead atoms. The van der Waals surface area contributed by atoms with Gasteiger partial charge in [0, 0.05) is 46.1 Å². The van der Waals surface area contributed by atoms with Crippen LogP contribution in [0.4, 0.5) is 10.6 Å². The number of carbonyl (C=O) groups excluding carboxylic acids is 1. The monoisotopic (exact) mass is 292 g/mol. The second kappa shape index (κ2) is 8.59. The van der Waals surface area contributed by atoms with Crippen molar-refractivity contribution in [2.24, 2.45) is 0 Å². The normalized spacial score (nSPS) is 16.5. The lowest BCUT2D eigenvalue weighted by Crippen LogP contribution is -2.38. The van der Waals surface area contributed by atoms with Crippen molar-refractivity contribution >= 4 is 11.8 Å². The lowest BCUT2D eigenvalue weighted by Gasteiger charge is -2.22. The largest absolute Gasteiger partial charge is 0.385 e. The fourth-order valence-electron chi connectivity index (χ4n) is 2.46. The molecule has 1 aliphatic rings. The topological polar surface area (TPSA) is 57.7 Å². The third kappa shape index (κ3) is 5.32. The fourth-order valence-corrected chi connectivity index (χ4v) is 2.46. The first kappa shape index (κ1) is 15.7. The predicted molar refractivity (Wildman–Crippen MR) is 82.4 cm³/mol. The fraction of sp³-hybridized carbons (Fsp3) is 0.600. The van der Waals surface area contributed by atoms with Gasteiger partial charge in [0.1, 0.15) is 5.82 Å². The number of rotatable bonds is 5. The van der Waals surface area contributed by atoms with Gasteiger partial charge in [-0.05, 0) is 31.5 Å². The van der Waals surface area contributed by atoms with E-state index in [1.807, 2.05) is 17.0 Å². The van der Waals surface area contributed by atoms with Crippen molar-refractivity contribution in [2.75, 3.05) is 51.8 Å². The van der Waals surface area contributed by atoms with E-state index in [0.29, 0.717) is 5.82 Å². The minimum Gasteiger partial charge on any atom is -0.385 e. The number of aromatic nitrogens is 1. The van der Waals surface area contributed by atoms with Crippen molar-refractivity contribution in [3.05, 3.63) is 24.4 Å². The Hall–Kier alpha value is -1.66. The highest BCUT2D eigenvalue weighted by Crippen LogP contribution is 2.07. The van der Waals surface area contributed by atoms with Crippen LogP contribution in [-0.2, 0) is 4.74 Å². The summed E-state index contributed by atoms with van der Waals surface area (Å²) in [4.78, 5) is 20.6. The lowest BCUT2D eigenvalue weighted by molar-refractivity contribution is 0.172. The molecule has 1 aromatic heterocycles. The molecule has 1 aliphatic heterocycles. The second-order valence-corrected chi connectivity index (χ2v) is 5.17. The standard InChI is InChI=1S/C15H24N4O2/c1-21-13-5-9-18-8-4-10-19(12-11-18)15(20)17-14-6-2-3-7-16-14/h2-3,6-7H,4-5,8-13H2,1H3,(H,16,17,20). The van der Waals surface area contributed by atoms with E-state index in [4.69, 9.17) is 4.74 Å². The molecule has 116 valence electrons. The Morgan fingerprint density at radius 2 is 2.24 bits per heavy atom. The summed E-state index contributed by atoms with van der Waals surface area (Å²) in [7, 11) is 1.73. The molecule has 1 fully saturated rings. The van der Waals surface area contributed by atoms with Crippen LogP contribution in [0.25, 0.3) is 0 Å². The first-order valence-corrected chi connectivity index (χ1v) is 7.48. The average molecular weight is 292 g/mol. The van der Waals surface area contributed by atoms with Gasteiger partial charge in [0.25, 0.3) is 0 Å². The number of amides is 2. The average Bonchev–Trinajstić information content (AvgIpc) is 2.74. The quantitative estimate of drug-likeness (QED) is 0.839. The van der Waals surface area contributed by atoms with E-state index < -0.39 is 0 Å². The first-order valence-electron chi connectivity index (χ1n) is 7.48. The van der Waals surface area contributed by atoms with E-state index >= 15 is 0 Å². The Kier molecular flexibility index (Phi) is 6.43. The van der Waals surface area contributed by atoms with Gasteiger partial charge in [0.15, 0.2) is 0 Å². The van der Waals surface area contributed by atoms with Gasteiger partial charge in [-0.1, -0.05) is 6.07 Å². The predicted octanol–water partition coefficient (Wildman–Crippen LogP) is 1.66. The van der Waals surface area contributed by atoms with Crippen LogP contribution < -0.4 is 5.32 Å². The maximum absolute atomic E-state index is 12.2. The van der Waals surface area contributed by atoms with Crippen LogP contribution in [0, 0.1) is 0 Å². The van der Waals surface area contributed by atoms with E-state index in [2.05, 4.69) is 15.2 Å². The molecule has 2 amide bonds. The zero-order valence-electron chi connectivity index (χ0n) is 12.6. The summed E-state index contributed by atoms with van der Waals surface area (Å²) in [5.41, 5.74) is 0. The third-order valence-electron chi connectivity index (χ3n) is 3.60. The van der Waals surface area contributed by atoms with Crippen LogP contribution in [0.5, 0.6) is 0 Å². The van der Waals surface area contributed by atoms with Crippen LogP contribution >= 0.6 is 0 Å². The second-order valence-electron chi connectivity index (χ2n) is 5.17. The summed E-state index contributed by atoms with van der Waals surface area (Å²) in [6.07, 6.45) is 3.72. The highest BCUT2D eigenvalue weighted by atomic mass is 16.5. The van der Waals surface area contributed by atoms with Gasteiger partial charge in [-0.15, -0.1) is 0 Å². The zero-order chi connectivity index (χ0) is 14.9. The maximum Gasteiger partial charge on any atom is 0.323 e. The van der Waals surface area contributed by atoms with Crippen molar-refractivity contribution in [3.8, 4) is 0 Å². The highest BCUT2D eigenvalue weighted by molar-refractivity contribution is 5.88. The molecule has 21 heavy (non-hydrogen) atoms. The Morgan fingerprint density at radius 1 is 1.33 bits per heavy atom. The molecule has 0 aromatic carbocycles. The van der Waals surface area contributed by atoms with Crippen LogP contribution in [0.1, 0.15) is 12.8 Å². The maximum atomic E-state index is 12.2. The van der Waals surface area contributed by atoms with Crippen LogP contribution in [0.3, 0.4) is 0 Å². The van der Waals surface area contributed by atoms with Crippen LogP contribution in [-0.4, -0.2) is 67.3 Å². The number of anilines is 1. The van der Waals surface area contributed by atoms with Gasteiger partial charge in [0.05, 0.1) is 0 Å². The van der Waals surface area contributed by atoms with Gasteiger partial charge in [-0.3, -0.25) is 5.32 Å². The van der Waals surface area contributed by atoms with E-state index in [1.165, 1.54) is 0 Å². The molecule has 0 radical (unpaired) electrons. The van der Waals surface area contributed by atoms with Crippen molar-refractivity contribution < 1.29 is 9.53 Å². The molecule has 6 nitrogen and oxygen atoms in total. The Balaban J connectivity index is 1.78. The van der Waals surface area contributed by atoms with E-state index in [0.717, 1.165) is 52.2 Å². The number of hydrogen-bond acceptors (Lipinski definition) is 4. The molecule has 0 aliphatic carbocycles. The molecule has 0 spiro atoms. The molecule has 0 saturated carbocycles. The molecule has 0 atom stereocenters. The summed E-state index contributed by atoms with van der Waals surface area (Å²) in [6, 6.07) is 5.43. The molecule has 1 N–H and O–H groups in total. The van der Waals surface area contributed by atoms with Crippen LogP contribution in [0.2, 0.25) is 0 Å². The van der Waals surface area contributed by atoms with Crippen molar-refractivity contribution in [1.29, 1.82) is 0 Å². The smallest absolute Gasteiger partial charge is 0.323 e.